The van der Waals surface area contributed by atoms with Gasteiger partial charge < -0.3 is 19.6 Å². The third-order valence-electron chi connectivity index (χ3n) is 5.65. The zero-order chi connectivity index (χ0) is 19.7. The van der Waals surface area contributed by atoms with Gasteiger partial charge in [-0.25, -0.2) is 0 Å². The fourth-order valence-electron chi connectivity index (χ4n) is 3.95. The van der Waals surface area contributed by atoms with Crippen LogP contribution in [0.25, 0.3) is 6.08 Å². The molecule has 0 radical (unpaired) electrons. The number of phenols is 1. The number of rotatable bonds is 4. The van der Waals surface area contributed by atoms with Gasteiger partial charge in [-0.2, -0.15) is 0 Å². The van der Waals surface area contributed by atoms with Crippen LogP contribution >= 0.6 is 11.6 Å². The maximum absolute atomic E-state index is 12.8. The van der Waals surface area contributed by atoms with Gasteiger partial charge in [0.25, 0.3) is 0 Å². The molecule has 3 N–H and O–H groups in total. The van der Waals surface area contributed by atoms with Crippen LogP contribution in [0.1, 0.15) is 28.4 Å². The van der Waals surface area contributed by atoms with Gasteiger partial charge in [0.15, 0.2) is 11.5 Å². The van der Waals surface area contributed by atoms with Crippen LogP contribution in [-0.4, -0.2) is 43.6 Å². The molecule has 1 saturated heterocycles. The Morgan fingerprint density at radius 1 is 1.14 bits per heavy atom. The number of aromatic hydroxyl groups is 1. The average molecular weight is 401 g/mol. The number of carbonyl (C=O) groups is 1. The molecule has 5 nitrogen and oxygen atoms in total. The van der Waals surface area contributed by atoms with E-state index in [9.17, 15) is 9.90 Å². The van der Waals surface area contributed by atoms with Gasteiger partial charge >= 0.3 is 0 Å². The van der Waals surface area contributed by atoms with Crippen LogP contribution in [0.15, 0.2) is 42.2 Å². The van der Waals surface area contributed by atoms with E-state index in [4.69, 9.17) is 16.3 Å². The number of nitrogens with one attached hydrogen (secondary N) is 2. The maximum Gasteiger partial charge on any atom is 0.231 e. The summed E-state index contributed by atoms with van der Waals surface area (Å²) in [6.45, 7) is 8.36. The first-order chi connectivity index (χ1) is 13.5. The number of piperazine rings is 1. The van der Waals surface area contributed by atoms with Crippen LogP contribution in [0.3, 0.4) is 0 Å². The minimum absolute atomic E-state index is 0.161. The highest BCUT2D eigenvalue weighted by molar-refractivity contribution is 6.30. The summed E-state index contributed by atoms with van der Waals surface area (Å²) in [5, 5.41) is 11.1. The Balaban J connectivity index is 1.59. The van der Waals surface area contributed by atoms with Crippen LogP contribution in [0.2, 0.25) is 5.02 Å². The topological polar surface area (TPSA) is 55.4 Å². The van der Waals surface area contributed by atoms with Crippen molar-refractivity contribution in [2.75, 3.05) is 32.7 Å². The van der Waals surface area contributed by atoms with E-state index in [1.165, 1.54) is 4.90 Å². The normalized spacial score (nSPS) is 22.9. The molecule has 1 fully saturated rings. The smallest absolute Gasteiger partial charge is 0.231 e. The van der Waals surface area contributed by atoms with Crippen molar-refractivity contribution in [3.8, 4) is 11.5 Å². The largest absolute Gasteiger partial charge is 0.507 e. The predicted octanol–water partition coefficient (Wildman–Crippen LogP) is 0.965. The number of allylic oxidation sites excluding steroid dienone is 1. The second-order valence-corrected chi connectivity index (χ2v) is 7.90. The van der Waals surface area contributed by atoms with Gasteiger partial charge in [0.1, 0.15) is 38.5 Å². The monoisotopic (exact) mass is 400 g/mol. The molecular weight excluding hydrogens is 376 g/mol. The number of benzene rings is 2. The zero-order valence-corrected chi connectivity index (χ0v) is 16.7. The van der Waals surface area contributed by atoms with E-state index in [1.807, 2.05) is 12.1 Å². The number of carbonyl (C=O) groups excluding carboxylic acids is 1. The highest BCUT2D eigenvalue weighted by Crippen LogP contribution is 2.39. The van der Waals surface area contributed by atoms with E-state index in [1.54, 1.807) is 35.2 Å². The lowest BCUT2D eigenvalue weighted by Gasteiger charge is -2.29. The Bertz CT molecular complexity index is 933. The molecular formula is C22H25ClN2O3+2. The van der Waals surface area contributed by atoms with Gasteiger partial charge in [-0.3, -0.25) is 4.79 Å². The van der Waals surface area contributed by atoms with Crippen LogP contribution in [0.5, 0.6) is 11.5 Å². The SMILES string of the molecule is CC[NH+]1CC[NH+](Cc2c(O)ccc3c2O/C(=C/c2cccc(Cl)c2)C3=O)CC1. The molecule has 0 saturated carbocycles. The predicted molar refractivity (Wildman–Crippen MR) is 108 cm³/mol. The van der Waals surface area contributed by atoms with Crippen molar-refractivity contribution >= 4 is 23.5 Å². The highest BCUT2D eigenvalue weighted by Gasteiger charge is 2.33. The number of quaternary nitrogens is 2. The van der Waals surface area contributed by atoms with Crippen molar-refractivity contribution < 1.29 is 24.4 Å². The Morgan fingerprint density at radius 2 is 1.89 bits per heavy atom. The van der Waals surface area contributed by atoms with Crippen LogP contribution in [0, 0.1) is 0 Å². The molecule has 28 heavy (non-hydrogen) atoms. The quantitative estimate of drug-likeness (QED) is 0.670. The fourth-order valence-corrected chi connectivity index (χ4v) is 4.15. The third-order valence-corrected chi connectivity index (χ3v) is 5.89. The van der Waals surface area contributed by atoms with E-state index >= 15 is 0 Å². The first-order valence-electron chi connectivity index (χ1n) is 9.77. The Labute approximate surface area is 169 Å². The summed E-state index contributed by atoms with van der Waals surface area (Å²) in [5.74, 6) is 0.787. The number of hydrogen-bond acceptors (Lipinski definition) is 3. The number of fused-ring (bicyclic) bond motifs is 1. The van der Waals surface area contributed by atoms with Gasteiger partial charge in [-0.05, 0) is 42.8 Å². The molecule has 2 heterocycles. The molecule has 2 aliphatic heterocycles. The number of ketones is 1. The molecule has 6 heteroatoms. The van der Waals surface area contributed by atoms with Gasteiger partial charge in [0.05, 0.1) is 17.7 Å². The summed E-state index contributed by atoms with van der Waals surface area (Å²) in [7, 11) is 0. The molecule has 0 unspecified atom stereocenters. The maximum atomic E-state index is 12.8. The minimum atomic E-state index is -0.161. The third kappa shape index (κ3) is 3.78. The summed E-state index contributed by atoms with van der Waals surface area (Å²) < 4.78 is 5.95. The number of Topliss-reactive ketones (excluding diaryl/α,β-unsaturated/α-hetero) is 1. The van der Waals surface area contributed by atoms with E-state index < -0.39 is 0 Å². The molecule has 2 aromatic carbocycles. The number of halogens is 1. The molecule has 4 rings (SSSR count). The first kappa shape index (κ1) is 19.0. The Kier molecular flexibility index (Phi) is 5.40. The van der Waals surface area contributed by atoms with Crippen LogP contribution in [0.4, 0.5) is 0 Å². The molecule has 0 bridgehead atoms. The van der Waals surface area contributed by atoms with E-state index in [2.05, 4.69) is 6.92 Å². The summed E-state index contributed by atoms with van der Waals surface area (Å²) in [4.78, 5) is 15.8. The van der Waals surface area contributed by atoms with Crippen molar-refractivity contribution in [2.45, 2.75) is 13.5 Å². The lowest BCUT2D eigenvalue weighted by molar-refractivity contribution is -1.02. The summed E-state index contributed by atoms with van der Waals surface area (Å²) >= 11 is 6.04. The number of phenolic OH excluding ortho intramolecular Hbond substituents is 1. The average Bonchev–Trinajstić information content (AvgIpc) is 3.00. The molecule has 2 aliphatic rings. The standard InChI is InChI=1S/C22H23ClN2O3/c1-2-24-8-10-25(11-9-24)14-18-19(26)7-6-17-21(27)20(28-22(17)18)13-15-4-3-5-16(23)12-15/h3-7,12-13,26H,2,8-11,14H2,1H3/p+2/b20-13+. The molecule has 0 amide bonds. The number of likely N-dealkylation sites (N-methyl/N-ethyl adjacent to an activating group) is 1. The first-order valence-corrected chi connectivity index (χ1v) is 10.1. The van der Waals surface area contributed by atoms with Gasteiger partial charge in [0, 0.05) is 5.02 Å². The van der Waals surface area contributed by atoms with Crippen molar-refractivity contribution in [3.05, 3.63) is 63.9 Å². The Hall–Kier alpha value is -2.34. The molecule has 0 spiro atoms. The van der Waals surface area contributed by atoms with Crippen LogP contribution in [-0.2, 0) is 6.54 Å². The van der Waals surface area contributed by atoms with Gasteiger partial charge in [0.2, 0.25) is 5.78 Å². The number of ether oxygens (including phenoxy) is 1. The zero-order valence-electron chi connectivity index (χ0n) is 15.9. The van der Waals surface area contributed by atoms with Crippen molar-refractivity contribution in [1.82, 2.24) is 0 Å². The van der Waals surface area contributed by atoms with E-state index in [-0.39, 0.29) is 17.3 Å². The molecule has 0 aliphatic carbocycles. The summed E-state index contributed by atoms with van der Waals surface area (Å²) in [5.41, 5.74) is 2.03. The van der Waals surface area contributed by atoms with Crippen molar-refractivity contribution in [2.24, 2.45) is 0 Å². The minimum Gasteiger partial charge on any atom is -0.507 e. The van der Waals surface area contributed by atoms with Crippen LogP contribution < -0.4 is 14.5 Å². The molecule has 0 atom stereocenters. The van der Waals surface area contributed by atoms with Gasteiger partial charge in [-0.15, -0.1) is 0 Å². The second kappa shape index (κ2) is 7.95. The summed E-state index contributed by atoms with van der Waals surface area (Å²) in [6, 6.07) is 10.5. The van der Waals surface area contributed by atoms with Crippen molar-refractivity contribution in [1.29, 1.82) is 0 Å². The Morgan fingerprint density at radius 3 is 2.61 bits per heavy atom. The molecule has 2 aromatic rings. The lowest BCUT2D eigenvalue weighted by atomic mass is 10.0. The van der Waals surface area contributed by atoms with Crippen molar-refractivity contribution in [3.63, 3.8) is 0 Å². The molecule has 0 aromatic heterocycles. The lowest BCUT2D eigenvalue weighted by Crippen LogP contribution is -3.27. The molecule has 146 valence electrons. The fraction of sp³-hybridized carbons (Fsp3) is 0.318. The second-order valence-electron chi connectivity index (χ2n) is 7.47. The van der Waals surface area contributed by atoms with E-state index in [0.29, 0.717) is 22.9 Å². The van der Waals surface area contributed by atoms with Gasteiger partial charge in [-0.1, -0.05) is 23.7 Å². The van der Waals surface area contributed by atoms with E-state index in [0.717, 1.165) is 43.9 Å². The highest BCUT2D eigenvalue weighted by atomic mass is 35.5. The summed E-state index contributed by atoms with van der Waals surface area (Å²) in [6.07, 6.45) is 1.70. The number of hydrogen-bond donors (Lipinski definition) is 3.